The second kappa shape index (κ2) is 4.73. The molecule has 1 aromatic rings. The minimum atomic E-state index is 0.349. The van der Waals surface area contributed by atoms with Gasteiger partial charge in [0.25, 0.3) is 0 Å². The number of hydrogen-bond acceptors (Lipinski definition) is 3. The second-order valence-corrected chi connectivity index (χ2v) is 4.54. The van der Waals surface area contributed by atoms with Crippen LogP contribution in [-0.2, 0) is 6.42 Å². The highest BCUT2D eigenvalue weighted by molar-refractivity contribution is 5.10. The van der Waals surface area contributed by atoms with Crippen LogP contribution in [-0.4, -0.2) is 36.1 Å². The molecule has 15 heavy (non-hydrogen) atoms. The molecule has 3 heteroatoms. The number of hydrogen-bond donors (Lipinski definition) is 1. The molecule has 2 rings (SSSR count). The topological polar surface area (TPSA) is 42.1 Å². The molecule has 82 valence electrons. The fourth-order valence-corrected chi connectivity index (χ4v) is 2.27. The first kappa shape index (κ1) is 10.6. The van der Waals surface area contributed by atoms with Crippen LogP contribution in [0.2, 0.25) is 0 Å². The molecule has 0 aromatic carbocycles. The number of nitrogens with zero attached hydrogens (tertiary/aromatic N) is 2. The van der Waals surface area contributed by atoms with Crippen LogP contribution >= 0.6 is 0 Å². The zero-order valence-electron chi connectivity index (χ0n) is 9.26. The summed E-state index contributed by atoms with van der Waals surface area (Å²) < 4.78 is 0. The molecule has 3 nitrogen and oxygen atoms in total. The first-order valence-corrected chi connectivity index (χ1v) is 5.59. The average molecular weight is 205 g/mol. The minimum Gasteiger partial charge on any atom is -0.327 e. The van der Waals surface area contributed by atoms with Crippen molar-refractivity contribution in [1.82, 2.24) is 9.88 Å². The molecule has 0 aliphatic carbocycles. The highest BCUT2D eigenvalue weighted by Gasteiger charge is 2.24. The molecule has 1 aliphatic heterocycles. The van der Waals surface area contributed by atoms with Gasteiger partial charge in [-0.1, -0.05) is 6.07 Å². The molecule has 0 unspecified atom stereocenters. The zero-order chi connectivity index (χ0) is 10.7. The number of pyridine rings is 1. The molecule has 1 aromatic heterocycles. The van der Waals surface area contributed by atoms with Gasteiger partial charge in [0.1, 0.15) is 0 Å². The van der Waals surface area contributed by atoms with Crippen LogP contribution in [0.1, 0.15) is 12.0 Å². The maximum absolute atomic E-state index is 6.14. The Balaban J connectivity index is 1.98. The SMILES string of the molecule is CN1CC[C@H](N)[C@@H](Cc2cccnc2)C1. The Labute approximate surface area is 91.3 Å². The van der Waals surface area contributed by atoms with E-state index in [1.807, 2.05) is 18.5 Å². The molecule has 0 radical (unpaired) electrons. The molecular weight excluding hydrogens is 186 g/mol. The third kappa shape index (κ3) is 2.76. The molecule has 2 heterocycles. The van der Waals surface area contributed by atoms with Gasteiger partial charge in [-0.2, -0.15) is 0 Å². The molecule has 1 saturated heterocycles. The van der Waals surface area contributed by atoms with E-state index in [0.29, 0.717) is 12.0 Å². The van der Waals surface area contributed by atoms with Gasteiger partial charge < -0.3 is 10.6 Å². The predicted octanol–water partition coefficient (Wildman–Crippen LogP) is 0.903. The van der Waals surface area contributed by atoms with Gasteiger partial charge >= 0.3 is 0 Å². The van der Waals surface area contributed by atoms with Crippen molar-refractivity contribution in [2.75, 3.05) is 20.1 Å². The van der Waals surface area contributed by atoms with Crippen LogP contribution in [0.4, 0.5) is 0 Å². The summed E-state index contributed by atoms with van der Waals surface area (Å²) in [5.74, 6) is 0.577. The minimum absolute atomic E-state index is 0.349. The third-order valence-corrected chi connectivity index (χ3v) is 3.22. The third-order valence-electron chi connectivity index (χ3n) is 3.22. The van der Waals surface area contributed by atoms with Crippen LogP contribution in [0.15, 0.2) is 24.5 Å². The largest absolute Gasteiger partial charge is 0.327 e. The Hall–Kier alpha value is -0.930. The van der Waals surface area contributed by atoms with Gasteiger partial charge in [-0.15, -0.1) is 0 Å². The van der Waals surface area contributed by atoms with Crippen molar-refractivity contribution in [2.24, 2.45) is 11.7 Å². The second-order valence-electron chi connectivity index (χ2n) is 4.54. The summed E-state index contributed by atoms with van der Waals surface area (Å²) in [6.07, 6.45) is 5.93. The number of piperidine rings is 1. The zero-order valence-corrected chi connectivity index (χ0v) is 9.26. The van der Waals surface area contributed by atoms with E-state index in [0.717, 1.165) is 25.9 Å². The van der Waals surface area contributed by atoms with Crippen molar-refractivity contribution in [3.8, 4) is 0 Å². The predicted molar refractivity (Wildman–Crippen MR) is 61.5 cm³/mol. The Morgan fingerprint density at radius 3 is 3.20 bits per heavy atom. The first-order valence-electron chi connectivity index (χ1n) is 5.59. The Bertz CT molecular complexity index is 299. The lowest BCUT2D eigenvalue weighted by molar-refractivity contribution is 0.185. The van der Waals surface area contributed by atoms with Crippen molar-refractivity contribution in [1.29, 1.82) is 0 Å². The van der Waals surface area contributed by atoms with Gasteiger partial charge in [-0.25, -0.2) is 0 Å². The fraction of sp³-hybridized carbons (Fsp3) is 0.583. The van der Waals surface area contributed by atoms with Crippen LogP contribution < -0.4 is 5.73 Å². The number of aromatic nitrogens is 1. The van der Waals surface area contributed by atoms with Crippen LogP contribution in [0, 0.1) is 5.92 Å². The van der Waals surface area contributed by atoms with Crippen molar-refractivity contribution >= 4 is 0 Å². The van der Waals surface area contributed by atoms with E-state index in [9.17, 15) is 0 Å². The summed E-state index contributed by atoms with van der Waals surface area (Å²) in [6, 6.07) is 4.48. The number of nitrogens with two attached hydrogens (primary N) is 1. The highest BCUT2D eigenvalue weighted by Crippen LogP contribution is 2.18. The molecule has 0 spiro atoms. The van der Waals surface area contributed by atoms with E-state index in [2.05, 4.69) is 23.0 Å². The van der Waals surface area contributed by atoms with E-state index in [4.69, 9.17) is 5.73 Å². The van der Waals surface area contributed by atoms with Crippen LogP contribution in [0.3, 0.4) is 0 Å². The quantitative estimate of drug-likeness (QED) is 0.780. The number of likely N-dealkylation sites (tertiary alicyclic amines) is 1. The maximum atomic E-state index is 6.14. The molecular formula is C12H19N3. The molecule has 1 aliphatic rings. The molecule has 2 N–H and O–H groups in total. The van der Waals surface area contributed by atoms with Crippen molar-refractivity contribution in [3.63, 3.8) is 0 Å². The lowest BCUT2D eigenvalue weighted by Gasteiger charge is -2.34. The van der Waals surface area contributed by atoms with E-state index in [-0.39, 0.29) is 0 Å². The molecule has 0 saturated carbocycles. The Morgan fingerprint density at radius 2 is 2.47 bits per heavy atom. The van der Waals surface area contributed by atoms with Gasteiger partial charge in [-0.3, -0.25) is 4.98 Å². The van der Waals surface area contributed by atoms with E-state index < -0.39 is 0 Å². The summed E-state index contributed by atoms with van der Waals surface area (Å²) in [5.41, 5.74) is 7.44. The van der Waals surface area contributed by atoms with Crippen molar-refractivity contribution in [3.05, 3.63) is 30.1 Å². The summed E-state index contributed by atoms with van der Waals surface area (Å²) in [7, 11) is 2.17. The van der Waals surface area contributed by atoms with Gasteiger partial charge in [-0.05, 0) is 44.0 Å². The summed E-state index contributed by atoms with van der Waals surface area (Å²) >= 11 is 0. The number of rotatable bonds is 2. The highest BCUT2D eigenvalue weighted by atomic mass is 15.1. The van der Waals surface area contributed by atoms with Gasteiger partial charge in [0.2, 0.25) is 0 Å². The summed E-state index contributed by atoms with van der Waals surface area (Å²) in [4.78, 5) is 6.51. The maximum Gasteiger partial charge on any atom is 0.0299 e. The lowest BCUT2D eigenvalue weighted by atomic mass is 9.88. The van der Waals surface area contributed by atoms with Crippen molar-refractivity contribution in [2.45, 2.75) is 18.9 Å². The van der Waals surface area contributed by atoms with Gasteiger partial charge in [0.05, 0.1) is 0 Å². The smallest absolute Gasteiger partial charge is 0.0299 e. The average Bonchev–Trinajstić information content (AvgIpc) is 2.25. The van der Waals surface area contributed by atoms with Gasteiger partial charge in [0.15, 0.2) is 0 Å². The van der Waals surface area contributed by atoms with Crippen LogP contribution in [0.25, 0.3) is 0 Å². The monoisotopic (exact) mass is 205 g/mol. The van der Waals surface area contributed by atoms with E-state index >= 15 is 0 Å². The van der Waals surface area contributed by atoms with E-state index in [1.165, 1.54) is 5.56 Å². The normalized spacial score (nSPS) is 27.9. The first-order chi connectivity index (χ1) is 7.25. The van der Waals surface area contributed by atoms with Crippen molar-refractivity contribution < 1.29 is 0 Å². The molecule has 0 bridgehead atoms. The molecule has 0 amide bonds. The van der Waals surface area contributed by atoms with E-state index in [1.54, 1.807) is 0 Å². The van der Waals surface area contributed by atoms with Gasteiger partial charge in [0, 0.05) is 25.0 Å². The Morgan fingerprint density at radius 1 is 1.60 bits per heavy atom. The fourth-order valence-electron chi connectivity index (χ4n) is 2.27. The summed E-state index contributed by atoms with van der Waals surface area (Å²) in [5, 5.41) is 0. The van der Waals surface area contributed by atoms with Crippen LogP contribution in [0.5, 0.6) is 0 Å². The molecule has 1 fully saturated rings. The standard InChI is InChI=1S/C12H19N3/c1-15-6-4-12(13)11(9-15)7-10-3-2-5-14-8-10/h2-3,5,8,11-12H,4,6-7,9,13H2,1H3/t11-,12-/m0/s1. The Kier molecular flexibility index (Phi) is 3.34. The molecule has 2 atom stereocenters. The summed E-state index contributed by atoms with van der Waals surface area (Å²) in [6.45, 7) is 2.24. The lowest BCUT2D eigenvalue weighted by Crippen LogP contribution is -2.46.